The third kappa shape index (κ3) is 5.18. The molecule has 0 spiro atoms. The van der Waals surface area contributed by atoms with Gasteiger partial charge in [-0.2, -0.15) is 5.10 Å². The minimum absolute atomic E-state index is 0.169. The number of carbonyl (C=O) groups excluding carboxylic acids is 2. The number of carbonyl (C=O) groups is 2. The number of aromatic nitrogens is 2. The van der Waals surface area contributed by atoms with E-state index in [1.54, 1.807) is 37.2 Å². The van der Waals surface area contributed by atoms with E-state index in [1.807, 2.05) is 65.6 Å². The SMILES string of the molecule is COc1ccc(-c2nn(-c3ccccc3)cc2C(=O)Nc2cccc(CN3CCCC3=O)c2)cc1OC. The maximum absolute atomic E-state index is 13.6. The summed E-state index contributed by atoms with van der Waals surface area (Å²) in [6.07, 6.45) is 3.21. The lowest BCUT2D eigenvalue weighted by Gasteiger charge is -2.16. The van der Waals surface area contributed by atoms with E-state index in [4.69, 9.17) is 14.6 Å². The Bertz CT molecular complexity index is 1430. The molecule has 1 saturated heterocycles. The van der Waals surface area contributed by atoms with Crippen molar-refractivity contribution in [1.29, 1.82) is 0 Å². The molecule has 1 fully saturated rings. The van der Waals surface area contributed by atoms with Crippen LogP contribution in [0.4, 0.5) is 5.69 Å². The van der Waals surface area contributed by atoms with E-state index >= 15 is 0 Å². The molecule has 3 aromatic carbocycles. The molecule has 5 rings (SSSR count). The van der Waals surface area contributed by atoms with Crippen LogP contribution in [0.3, 0.4) is 0 Å². The molecule has 37 heavy (non-hydrogen) atoms. The molecule has 0 saturated carbocycles. The molecule has 1 aromatic heterocycles. The van der Waals surface area contributed by atoms with Crippen molar-refractivity contribution in [1.82, 2.24) is 14.7 Å². The zero-order valence-electron chi connectivity index (χ0n) is 20.8. The molecular formula is C29H28N4O4. The van der Waals surface area contributed by atoms with Crippen LogP contribution in [0.1, 0.15) is 28.8 Å². The van der Waals surface area contributed by atoms with Crippen molar-refractivity contribution in [2.75, 3.05) is 26.1 Å². The van der Waals surface area contributed by atoms with Crippen LogP contribution in [0.2, 0.25) is 0 Å². The van der Waals surface area contributed by atoms with Crippen molar-refractivity contribution in [2.24, 2.45) is 0 Å². The highest BCUT2D eigenvalue weighted by Gasteiger charge is 2.22. The fraction of sp³-hybridized carbons (Fsp3) is 0.207. The lowest BCUT2D eigenvalue weighted by molar-refractivity contribution is -0.128. The molecule has 0 bridgehead atoms. The van der Waals surface area contributed by atoms with Crippen molar-refractivity contribution >= 4 is 17.5 Å². The van der Waals surface area contributed by atoms with Crippen molar-refractivity contribution in [3.05, 3.63) is 90.1 Å². The summed E-state index contributed by atoms with van der Waals surface area (Å²) in [6, 6.07) is 22.7. The Labute approximate surface area is 215 Å². The predicted molar refractivity (Wildman–Crippen MR) is 141 cm³/mol. The standard InChI is InChI=1S/C29H28N4O4/c1-36-25-14-13-21(17-26(25)37-2)28-24(19-33(31-28)23-10-4-3-5-11-23)29(35)30-22-9-6-8-20(16-22)18-32-15-7-12-27(32)34/h3-6,8-11,13-14,16-17,19H,7,12,15,18H2,1-2H3,(H,30,35). The molecule has 8 nitrogen and oxygen atoms in total. The Morgan fingerprint density at radius 1 is 0.973 bits per heavy atom. The number of anilines is 1. The Kier molecular flexibility index (Phi) is 6.89. The second-order valence-corrected chi connectivity index (χ2v) is 8.81. The van der Waals surface area contributed by atoms with Crippen LogP contribution >= 0.6 is 0 Å². The Balaban J connectivity index is 1.47. The molecule has 188 valence electrons. The largest absolute Gasteiger partial charge is 0.493 e. The average molecular weight is 497 g/mol. The summed E-state index contributed by atoms with van der Waals surface area (Å²) in [5.74, 6) is 1.02. The highest BCUT2D eigenvalue weighted by Crippen LogP contribution is 2.33. The zero-order valence-corrected chi connectivity index (χ0v) is 20.8. The highest BCUT2D eigenvalue weighted by molar-refractivity contribution is 6.08. The fourth-order valence-electron chi connectivity index (χ4n) is 4.49. The monoisotopic (exact) mass is 496 g/mol. The van der Waals surface area contributed by atoms with Crippen LogP contribution in [0.25, 0.3) is 16.9 Å². The van der Waals surface area contributed by atoms with Crippen LogP contribution in [0.15, 0.2) is 79.0 Å². The molecule has 0 radical (unpaired) electrons. The van der Waals surface area contributed by atoms with E-state index in [1.165, 1.54) is 0 Å². The number of rotatable bonds is 8. The molecule has 0 atom stereocenters. The van der Waals surface area contributed by atoms with Crippen LogP contribution in [0, 0.1) is 0 Å². The second-order valence-electron chi connectivity index (χ2n) is 8.81. The molecule has 0 unspecified atom stereocenters. The molecule has 1 aliphatic heterocycles. The number of benzene rings is 3. The summed E-state index contributed by atoms with van der Waals surface area (Å²) in [5, 5.41) is 7.76. The molecule has 8 heteroatoms. The number of hydrogen-bond acceptors (Lipinski definition) is 5. The van der Waals surface area contributed by atoms with Crippen LogP contribution < -0.4 is 14.8 Å². The van der Waals surface area contributed by atoms with Gasteiger partial charge in [-0.1, -0.05) is 30.3 Å². The van der Waals surface area contributed by atoms with Gasteiger partial charge < -0.3 is 19.7 Å². The number of ether oxygens (including phenoxy) is 2. The highest BCUT2D eigenvalue weighted by atomic mass is 16.5. The van der Waals surface area contributed by atoms with Gasteiger partial charge in [0, 0.05) is 37.0 Å². The summed E-state index contributed by atoms with van der Waals surface area (Å²) < 4.78 is 12.5. The van der Waals surface area contributed by atoms with Gasteiger partial charge >= 0.3 is 0 Å². The van der Waals surface area contributed by atoms with Gasteiger partial charge in [-0.05, 0) is 54.4 Å². The molecule has 2 amide bonds. The number of para-hydroxylation sites is 1. The van der Waals surface area contributed by atoms with Crippen molar-refractivity contribution < 1.29 is 19.1 Å². The quantitative estimate of drug-likeness (QED) is 0.374. The van der Waals surface area contributed by atoms with Gasteiger partial charge in [-0.25, -0.2) is 4.68 Å². The topological polar surface area (TPSA) is 85.7 Å². The number of methoxy groups -OCH3 is 2. The number of nitrogens with one attached hydrogen (secondary N) is 1. The normalized spacial score (nSPS) is 13.0. The third-order valence-electron chi connectivity index (χ3n) is 6.37. The van der Waals surface area contributed by atoms with Crippen molar-refractivity contribution in [2.45, 2.75) is 19.4 Å². The third-order valence-corrected chi connectivity index (χ3v) is 6.37. The van der Waals surface area contributed by atoms with Crippen LogP contribution in [-0.4, -0.2) is 47.3 Å². The summed E-state index contributed by atoms with van der Waals surface area (Å²) in [4.78, 5) is 27.4. The second kappa shape index (κ2) is 10.6. The maximum Gasteiger partial charge on any atom is 0.259 e. The van der Waals surface area contributed by atoms with Crippen molar-refractivity contribution in [3.63, 3.8) is 0 Å². The van der Waals surface area contributed by atoms with Gasteiger partial charge in [0.05, 0.1) is 25.5 Å². The van der Waals surface area contributed by atoms with E-state index in [0.717, 1.165) is 29.8 Å². The zero-order chi connectivity index (χ0) is 25.8. The van der Waals surface area contributed by atoms with E-state index in [0.29, 0.717) is 41.4 Å². The molecule has 1 aliphatic rings. The lowest BCUT2D eigenvalue weighted by atomic mass is 10.1. The smallest absolute Gasteiger partial charge is 0.259 e. The Morgan fingerprint density at radius 2 is 1.78 bits per heavy atom. The van der Waals surface area contributed by atoms with Gasteiger partial charge in [0.2, 0.25) is 5.91 Å². The van der Waals surface area contributed by atoms with E-state index in [9.17, 15) is 9.59 Å². The molecule has 1 N–H and O–H groups in total. The van der Waals surface area contributed by atoms with Crippen LogP contribution in [-0.2, 0) is 11.3 Å². The number of amides is 2. The van der Waals surface area contributed by atoms with Crippen LogP contribution in [0.5, 0.6) is 11.5 Å². The first-order valence-electron chi connectivity index (χ1n) is 12.1. The molecule has 2 heterocycles. The Morgan fingerprint density at radius 3 is 2.51 bits per heavy atom. The summed E-state index contributed by atoms with van der Waals surface area (Å²) >= 11 is 0. The fourth-order valence-corrected chi connectivity index (χ4v) is 4.49. The maximum atomic E-state index is 13.6. The van der Waals surface area contributed by atoms with E-state index < -0.39 is 0 Å². The molecule has 4 aromatic rings. The number of nitrogens with zero attached hydrogens (tertiary/aromatic N) is 3. The first kappa shape index (κ1) is 24.1. The minimum atomic E-state index is -0.290. The van der Waals surface area contributed by atoms with Gasteiger partial charge in [0.1, 0.15) is 5.69 Å². The molecule has 0 aliphatic carbocycles. The number of hydrogen-bond donors (Lipinski definition) is 1. The van der Waals surface area contributed by atoms with Crippen molar-refractivity contribution in [3.8, 4) is 28.4 Å². The summed E-state index contributed by atoms with van der Waals surface area (Å²) in [7, 11) is 3.15. The molecular weight excluding hydrogens is 468 g/mol. The summed E-state index contributed by atoms with van der Waals surface area (Å²) in [6.45, 7) is 1.30. The lowest BCUT2D eigenvalue weighted by Crippen LogP contribution is -2.23. The van der Waals surface area contributed by atoms with Gasteiger partial charge in [0.15, 0.2) is 11.5 Å². The van der Waals surface area contributed by atoms with Gasteiger partial charge in [-0.15, -0.1) is 0 Å². The minimum Gasteiger partial charge on any atom is -0.493 e. The average Bonchev–Trinajstić information content (AvgIpc) is 3.55. The van der Waals surface area contributed by atoms with Gasteiger partial charge in [0.25, 0.3) is 5.91 Å². The van der Waals surface area contributed by atoms with E-state index in [2.05, 4.69) is 5.32 Å². The Hall–Kier alpha value is -4.59. The first-order chi connectivity index (χ1) is 18.1. The predicted octanol–water partition coefficient (Wildman–Crippen LogP) is 4.93. The number of likely N-dealkylation sites (tertiary alicyclic amines) is 1. The first-order valence-corrected chi connectivity index (χ1v) is 12.1. The summed E-state index contributed by atoms with van der Waals surface area (Å²) in [5.41, 5.74) is 4.10. The van der Waals surface area contributed by atoms with E-state index in [-0.39, 0.29) is 11.8 Å². The van der Waals surface area contributed by atoms with Gasteiger partial charge in [-0.3, -0.25) is 9.59 Å².